The normalized spacial score (nSPS) is 16.1. The summed E-state index contributed by atoms with van der Waals surface area (Å²) in [6.45, 7) is 0.726. The highest BCUT2D eigenvalue weighted by atomic mass is 32.2. The van der Waals surface area contributed by atoms with Gasteiger partial charge in [0.25, 0.3) is 0 Å². The summed E-state index contributed by atoms with van der Waals surface area (Å²) in [5.74, 6) is 2.51. The van der Waals surface area contributed by atoms with Crippen LogP contribution >= 0.6 is 11.8 Å². The first-order chi connectivity index (χ1) is 7.33. The number of nitrogens with zero attached hydrogens (tertiary/aromatic N) is 1. The second-order valence-corrected chi connectivity index (χ2v) is 5.04. The highest BCUT2D eigenvalue weighted by Crippen LogP contribution is 2.28. The van der Waals surface area contributed by atoms with E-state index in [1.165, 1.54) is 22.8 Å². The second-order valence-electron chi connectivity index (χ2n) is 3.97. The fourth-order valence-electron chi connectivity index (χ4n) is 1.87. The first-order valence-electron chi connectivity index (χ1n) is 5.41. The Balaban J connectivity index is 2.17. The van der Waals surface area contributed by atoms with E-state index in [2.05, 4.69) is 36.2 Å². The summed E-state index contributed by atoms with van der Waals surface area (Å²) in [5, 5.41) is 0. The van der Waals surface area contributed by atoms with Gasteiger partial charge in [0.15, 0.2) is 0 Å². The monoisotopic (exact) mass is 222 g/mol. The van der Waals surface area contributed by atoms with Crippen LogP contribution in [0.3, 0.4) is 0 Å². The molecule has 0 atom stereocenters. The van der Waals surface area contributed by atoms with Crippen LogP contribution in [-0.2, 0) is 6.42 Å². The van der Waals surface area contributed by atoms with Crippen LogP contribution in [0.4, 0.5) is 5.69 Å². The summed E-state index contributed by atoms with van der Waals surface area (Å²) in [6, 6.07) is 9.31. The predicted octanol–water partition coefficient (Wildman–Crippen LogP) is 1.74. The number of anilines is 1. The average Bonchev–Trinajstić information content (AvgIpc) is 2.16. The third kappa shape index (κ3) is 2.29. The minimum atomic E-state index is 0.717. The van der Waals surface area contributed by atoms with Crippen molar-refractivity contribution in [2.45, 2.75) is 12.5 Å². The maximum absolute atomic E-state index is 5.63. The van der Waals surface area contributed by atoms with E-state index in [0.29, 0.717) is 6.04 Å². The first kappa shape index (κ1) is 10.8. The smallest absolute Gasteiger partial charge is 0.0467 e. The van der Waals surface area contributed by atoms with Crippen LogP contribution in [-0.4, -0.2) is 31.1 Å². The van der Waals surface area contributed by atoms with E-state index in [0.717, 1.165) is 13.0 Å². The topological polar surface area (TPSA) is 29.3 Å². The molecule has 15 heavy (non-hydrogen) atoms. The molecule has 0 saturated carbocycles. The molecule has 0 aliphatic carbocycles. The highest BCUT2D eigenvalue weighted by molar-refractivity contribution is 8.00. The Morgan fingerprint density at radius 3 is 2.73 bits per heavy atom. The lowest BCUT2D eigenvalue weighted by Gasteiger charge is -2.36. The van der Waals surface area contributed by atoms with Crippen molar-refractivity contribution in [1.82, 2.24) is 0 Å². The standard InChI is InChI=1S/C12H18N2S/c1-14(11-8-15-9-11)12-5-3-2-4-10(12)6-7-13/h2-5,11H,6-9,13H2,1H3. The number of thioether (sulfide) groups is 1. The Labute approximate surface area is 95.8 Å². The van der Waals surface area contributed by atoms with Crippen LogP contribution < -0.4 is 10.6 Å². The molecule has 1 aromatic carbocycles. The van der Waals surface area contributed by atoms with Gasteiger partial charge in [-0.3, -0.25) is 0 Å². The van der Waals surface area contributed by atoms with E-state index in [1.54, 1.807) is 0 Å². The van der Waals surface area contributed by atoms with Crippen LogP contribution in [0.15, 0.2) is 24.3 Å². The van der Waals surface area contributed by atoms with Crippen molar-refractivity contribution in [2.24, 2.45) is 5.73 Å². The fourth-order valence-corrected chi connectivity index (χ4v) is 2.76. The highest BCUT2D eigenvalue weighted by Gasteiger charge is 2.23. The number of hydrogen-bond acceptors (Lipinski definition) is 3. The third-order valence-electron chi connectivity index (χ3n) is 2.95. The molecule has 2 rings (SSSR count). The van der Waals surface area contributed by atoms with Crippen molar-refractivity contribution in [3.05, 3.63) is 29.8 Å². The molecule has 2 N–H and O–H groups in total. The van der Waals surface area contributed by atoms with Gasteiger partial charge in [-0.15, -0.1) is 0 Å². The summed E-state index contributed by atoms with van der Waals surface area (Å²) >= 11 is 2.02. The van der Waals surface area contributed by atoms with Gasteiger partial charge >= 0.3 is 0 Å². The van der Waals surface area contributed by atoms with Crippen LogP contribution in [0.2, 0.25) is 0 Å². The number of benzene rings is 1. The summed E-state index contributed by atoms with van der Waals surface area (Å²) in [7, 11) is 2.19. The van der Waals surface area contributed by atoms with Gasteiger partial charge in [-0.25, -0.2) is 0 Å². The molecular weight excluding hydrogens is 204 g/mol. The minimum absolute atomic E-state index is 0.717. The molecule has 0 amide bonds. The quantitative estimate of drug-likeness (QED) is 0.841. The van der Waals surface area contributed by atoms with Gasteiger partial charge in [-0.05, 0) is 24.6 Å². The predicted molar refractivity (Wildman–Crippen MR) is 68.7 cm³/mol. The Hall–Kier alpha value is -0.670. The molecule has 1 fully saturated rings. The minimum Gasteiger partial charge on any atom is -0.370 e. The van der Waals surface area contributed by atoms with Crippen LogP contribution in [0.1, 0.15) is 5.56 Å². The lowest BCUT2D eigenvalue weighted by Crippen LogP contribution is -2.42. The van der Waals surface area contributed by atoms with E-state index in [-0.39, 0.29) is 0 Å². The van der Waals surface area contributed by atoms with Crippen LogP contribution in [0.25, 0.3) is 0 Å². The van der Waals surface area contributed by atoms with Crippen molar-refractivity contribution in [2.75, 3.05) is 30.0 Å². The lowest BCUT2D eigenvalue weighted by atomic mass is 10.1. The van der Waals surface area contributed by atoms with Gasteiger partial charge in [0.1, 0.15) is 0 Å². The van der Waals surface area contributed by atoms with Crippen molar-refractivity contribution < 1.29 is 0 Å². The van der Waals surface area contributed by atoms with E-state index in [4.69, 9.17) is 5.73 Å². The van der Waals surface area contributed by atoms with E-state index < -0.39 is 0 Å². The molecule has 0 aromatic heterocycles. The molecule has 1 aromatic rings. The van der Waals surface area contributed by atoms with Gasteiger partial charge in [0.2, 0.25) is 0 Å². The molecule has 0 unspecified atom stereocenters. The molecule has 2 nitrogen and oxygen atoms in total. The molecule has 1 aliphatic heterocycles. The van der Waals surface area contributed by atoms with Crippen LogP contribution in [0, 0.1) is 0 Å². The number of hydrogen-bond donors (Lipinski definition) is 1. The Morgan fingerprint density at radius 1 is 1.40 bits per heavy atom. The maximum atomic E-state index is 5.63. The third-order valence-corrected chi connectivity index (χ3v) is 4.19. The average molecular weight is 222 g/mol. The van der Waals surface area contributed by atoms with Crippen molar-refractivity contribution in [3.63, 3.8) is 0 Å². The largest absolute Gasteiger partial charge is 0.370 e. The fraction of sp³-hybridized carbons (Fsp3) is 0.500. The summed E-state index contributed by atoms with van der Waals surface area (Å²) in [4.78, 5) is 2.40. The number of para-hydroxylation sites is 1. The zero-order valence-electron chi connectivity index (χ0n) is 9.15. The Morgan fingerprint density at radius 2 is 2.13 bits per heavy atom. The van der Waals surface area contributed by atoms with Crippen molar-refractivity contribution >= 4 is 17.4 Å². The van der Waals surface area contributed by atoms with Crippen molar-refractivity contribution in [3.8, 4) is 0 Å². The lowest BCUT2D eigenvalue weighted by molar-refractivity contribution is 0.738. The summed E-state index contributed by atoms with van der Waals surface area (Å²) in [5.41, 5.74) is 8.36. The van der Waals surface area contributed by atoms with Crippen LogP contribution in [0.5, 0.6) is 0 Å². The maximum Gasteiger partial charge on any atom is 0.0467 e. The first-order valence-corrected chi connectivity index (χ1v) is 6.57. The number of nitrogens with two attached hydrogens (primary N) is 1. The Bertz CT molecular complexity index is 323. The van der Waals surface area contributed by atoms with E-state index in [1.807, 2.05) is 11.8 Å². The summed E-state index contributed by atoms with van der Waals surface area (Å²) in [6.07, 6.45) is 0.973. The Kier molecular flexibility index (Phi) is 3.54. The molecule has 1 heterocycles. The molecule has 1 saturated heterocycles. The molecule has 82 valence electrons. The van der Waals surface area contributed by atoms with E-state index in [9.17, 15) is 0 Å². The van der Waals surface area contributed by atoms with Crippen molar-refractivity contribution in [1.29, 1.82) is 0 Å². The van der Waals surface area contributed by atoms with Gasteiger partial charge in [0, 0.05) is 30.3 Å². The van der Waals surface area contributed by atoms with Gasteiger partial charge in [-0.1, -0.05) is 18.2 Å². The molecule has 0 spiro atoms. The summed E-state index contributed by atoms with van der Waals surface area (Å²) < 4.78 is 0. The molecule has 1 aliphatic rings. The van der Waals surface area contributed by atoms with E-state index >= 15 is 0 Å². The second kappa shape index (κ2) is 4.90. The SMILES string of the molecule is CN(c1ccccc1CCN)C1CSC1. The number of rotatable bonds is 4. The van der Waals surface area contributed by atoms with Gasteiger partial charge in [-0.2, -0.15) is 11.8 Å². The zero-order valence-corrected chi connectivity index (χ0v) is 9.96. The molecule has 0 bridgehead atoms. The molecule has 3 heteroatoms. The van der Waals surface area contributed by atoms with Gasteiger partial charge in [0.05, 0.1) is 0 Å². The molecular formula is C12H18N2S. The molecule has 0 radical (unpaired) electrons. The zero-order chi connectivity index (χ0) is 10.7. The van der Waals surface area contributed by atoms with Gasteiger partial charge < -0.3 is 10.6 Å².